The Hall–Kier alpha value is -2.30. The molecule has 0 aliphatic carbocycles. The van der Waals surface area contributed by atoms with Crippen LogP contribution >= 0.6 is 23.2 Å². The van der Waals surface area contributed by atoms with Gasteiger partial charge in [-0.1, -0.05) is 47.5 Å². The van der Waals surface area contributed by atoms with E-state index in [1.54, 1.807) is 16.9 Å². The number of aromatic nitrogens is 2. The van der Waals surface area contributed by atoms with Gasteiger partial charge in [-0.2, -0.15) is 5.10 Å². The van der Waals surface area contributed by atoms with Crippen molar-refractivity contribution in [3.63, 3.8) is 0 Å². The molecule has 4 nitrogen and oxygen atoms in total. The van der Waals surface area contributed by atoms with Crippen molar-refractivity contribution in [2.45, 2.75) is 20.4 Å². The minimum atomic E-state index is -0.243. The van der Waals surface area contributed by atoms with Crippen LogP contribution in [0.15, 0.2) is 48.7 Å². The number of halogens is 2. The molecule has 0 saturated carbocycles. The molecule has 0 unspecified atom stereocenters. The van der Waals surface area contributed by atoms with Crippen molar-refractivity contribution in [2.24, 2.45) is 0 Å². The predicted molar refractivity (Wildman–Crippen MR) is 102 cm³/mol. The van der Waals surface area contributed by atoms with Gasteiger partial charge in [-0.3, -0.25) is 9.48 Å². The summed E-state index contributed by atoms with van der Waals surface area (Å²) in [5.74, 6) is 0.0879. The van der Waals surface area contributed by atoms with E-state index in [4.69, 9.17) is 23.2 Å². The standard InChI is InChI=1S/C19H17Cl2N3O/c1-12-7-8-14(9-13(12)2)19(25)22-18-17(21)11-24(23-18)10-15-5-3-4-6-16(15)20/h3-9,11H,10H2,1-2H3,(H,22,23,25). The highest BCUT2D eigenvalue weighted by molar-refractivity contribution is 6.33. The lowest BCUT2D eigenvalue weighted by atomic mass is 10.1. The third kappa shape index (κ3) is 4.03. The normalized spacial score (nSPS) is 10.7. The molecule has 6 heteroatoms. The number of hydrogen-bond donors (Lipinski definition) is 1. The number of carbonyl (C=O) groups excluding carboxylic acids is 1. The number of hydrogen-bond acceptors (Lipinski definition) is 2. The van der Waals surface area contributed by atoms with E-state index in [2.05, 4.69) is 10.4 Å². The van der Waals surface area contributed by atoms with Crippen LogP contribution in [0.2, 0.25) is 10.0 Å². The molecule has 0 bridgehead atoms. The minimum Gasteiger partial charge on any atom is -0.304 e. The number of rotatable bonds is 4. The van der Waals surface area contributed by atoms with Crippen molar-refractivity contribution >= 4 is 34.9 Å². The van der Waals surface area contributed by atoms with Crippen molar-refractivity contribution in [3.8, 4) is 0 Å². The molecule has 0 aliphatic rings. The third-order valence-corrected chi connectivity index (χ3v) is 4.65. The first-order valence-electron chi connectivity index (χ1n) is 7.79. The zero-order valence-electron chi connectivity index (χ0n) is 13.9. The Balaban J connectivity index is 1.77. The van der Waals surface area contributed by atoms with Gasteiger partial charge in [0.15, 0.2) is 5.82 Å². The lowest BCUT2D eigenvalue weighted by molar-refractivity contribution is 0.102. The minimum absolute atomic E-state index is 0.243. The van der Waals surface area contributed by atoms with Gasteiger partial charge < -0.3 is 5.32 Å². The van der Waals surface area contributed by atoms with Crippen LogP contribution in [0, 0.1) is 13.8 Å². The fourth-order valence-electron chi connectivity index (χ4n) is 2.43. The topological polar surface area (TPSA) is 46.9 Å². The summed E-state index contributed by atoms with van der Waals surface area (Å²) in [5.41, 5.74) is 3.69. The number of nitrogens with zero attached hydrogens (tertiary/aromatic N) is 2. The second-order valence-electron chi connectivity index (χ2n) is 5.87. The first kappa shape index (κ1) is 17.5. The van der Waals surface area contributed by atoms with Crippen molar-refractivity contribution < 1.29 is 4.79 Å². The smallest absolute Gasteiger partial charge is 0.256 e. The van der Waals surface area contributed by atoms with Gasteiger partial charge in [0.1, 0.15) is 5.02 Å². The maximum absolute atomic E-state index is 12.4. The average molecular weight is 374 g/mol. The Morgan fingerprint density at radius 1 is 1.08 bits per heavy atom. The van der Waals surface area contributed by atoms with Crippen molar-refractivity contribution in [2.75, 3.05) is 5.32 Å². The first-order valence-corrected chi connectivity index (χ1v) is 8.54. The largest absolute Gasteiger partial charge is 0.304 e. The Kier molecular flexibility index (Phi) is 5.11. The maximum Gasteiger partial charge on any atom is 0.256 e. The molecule has 1 aromatic heterocycles. The highest BCUT2D eigenvalue weighted by Gasteiger charge is 2.13. The van der Waals surface area contributed by atoms with Crippen LogP contribution in [0.3, 0.4) is 0 Å². The summed E-state index contributed by atoms with van der Waals surface area (Å²) in [6, 6.07) is 13.1. The predicted octanol–water partition coefficient (Wildman–Crippen LogP) is 5.11. The second-order valence-corrected chi connectivity index (χ2v) is 6.68. The number of carbonyl (C=O) groups is 1. The molecule has 1 N–H and O–H groups in total. The molecule has 1 amide bonds. The van der Waals surface area contributed by atoms with E-state index in [-0.39, 0.29) is 5.91 Å². The van der Waals surface area contributed by atoms with E-state index >= 15 is 0 Å². The van der Waals surface area contributed by atoms with E-state index in [1.165, 1.54) is 0 Å². The summed E-state index contributed by atoms with van der Waals surface area (Å²) < 4.78 is 1.65. The molecule has 3 aromatic rings. The summed E-state index contributed by atoms with van der Waals surface area (Å²) in [4.78, 5) is 12.4. The quantitative estimate of drug-likeness (QED) is 0.690. The summed E-state index contributed by atoms with van der Waals surface area (Å²) in [6.07, 6.45) is 1.67. The third-order valence-electron chi connectivity index (χ3n) is 4.01. The van der Waals surface area contributed by atoms with Crippen LogP contribution in [0.25, 0.3) is 0 Å². The zero-order valence-corrected chi connectivity index (χ0v) is 15.4. The van der Waals surface area contributed by atoms with Crippen LogP contribution < -0.4 is 5.32 Å². The fourth-order valence-corrected chi connectivity index (χ4v) is 2.82. The summed E-state index contributed by atoms with van der Waals surface area (Å²) in [7, 11) is 0. The molecular formula is C19H17Cl2N3O. The fraction of sp³-hybridized carbons (Fsp3) is 0.158. The molecular weight excluding hydrogens is 357 g/mol. The maximum atomic E-state index is 12.4. The van der Waals surface area contributed by atoms with Crippen molar-refractivity contribution in [1.82, 2.24) is 9.78 Å². The van der Waals surface area contributed by atoms with E-state index in [1.807, 2.05) is 50.2 Å². The first-order chi connectivity index (χ1) is 11.9. The molecule has 0 aliphatic heterocycles. The number of benzene rings is 2. The van der Waals surface area contributed by atoms with Crippen LogP contribution in [0.1, 0.15) is 27.0 Å². The van der Waals surface area contributed by atoms with Gasteiger partial charge in [-0.05, 0) is 48.7 Å². The van der Waals surface area contributed by atoms with Crippen molar-refractivity contribution in [3.05, 3.63) is 81.0 Å². The van der Waals surface area contributed by atoms with Crippen LogP contribution in [-0.2, 0) is 6.54 Å². The Morgan fingerprint density at radius 2 is 1.84 bits per heavy atom. The van der Waals surface area contributed by atoms with Crippen LogP contribution in [0.5, 0.6) is 0 Å². The van der Waals surface area contributed by atoms with Crippen LogP contribution in [0.4, 0.5) is 5.82 Å². The highest BCUT2D eigenvalue weighted by atomic mass is 35.5. The van der Waals surface area contributed by atoms with Gasteiger partial charge in [0, 0.05) is 16.8 Å². The van der Waals surface area contributed by atoms with Gasteiger partial charge in [0.2, 0.25) is 0 Å². The number of anilines is 1. The average Bonchev–Trinajstić information content (AvgIpc) is 2.91. The molecule has 0 spiro atoms. The van der Waals surface area contributed by atoms with Crippen molar-refractivity contribution in [1.29, 1.82) is 0 Å². The Labute approximate surface area is 156 Å². The van der Waals surface area contributed by atoms with E-state index in [0.717, 1.165) is 16.7 Å². The Morgan fingerprint density at radius 3 is 2.56 bits per heavy atom. The molecule has 0 fully saturated rings. The summed E-state index contributed by atoms with van der Waals surface area (Å²) in [6.45, 7) is 4.45. The van der Waals surface area contributed by atoms with Gasteiger partial charge in [-0.15, -0.1) is 0 Å². The highest BCUT2D eigenvalue weighted by Crippen LogP contribution is 2.23. The zero-order chi connectivity index (χ0) is 18.0. The molecule has 128 valence electrons. The van der Waals surface area contributed by atoms with E-state index < -0.39 is 0 Å². The van der Waals surface area contributed by atoms with Gasteiger partial charge in [-0.25, -0.2) is 0 Å². The van der Waals surface area contributed by atoms with Gasteiger partial charge in [0.25, 0.3) is 5.91 Å². The number of aryl methyl sites for hydroxylation is 2. The second kappa shape index (κ2) is 7.30. The SMILES string of the molecule is Cc1ccc(C(=O)Nc2nn(Cc3ccccc3Cl)cc2Cl)cc1C. The molecule has 0 atom stereocenters. The molecule has 0 radical (unpaired) electrons. The molecule has 1 heterocycles. The summed E-state index contributed by atoms with van der Waals surface area (Å²) in [5, 5.41) is 8.14. The molecule has 0 saturated heterocycles. The van der Waals surface area contributed by atoms with Gasteiger partial charge >= 0.3 is 0 Å². The lowest BCUT2D eigenvalue weighted by Crippen LogP contribution is -2.13. The lowest BCUT2D eigenvalue weighted by Gasteiger charge is -2.06. The van der Waals surface area contributed by atoms with Gasteiger partial charge in [0.05, 0.1) is 6.54 Å². The number of nitrogens with one attached hydrogen (secondary N) is 1. The molecule has 3 rings (SSSR count). The Bertz CT molecular complexity index is 934. The molecule has 25 heavy (non-hydrogen) atoms. The summed E-state index contributed by atoms with van der Waals surface area (Å²) >= 11 is 12.4. The monoisotopic (exact) mass is 373 g/mol. The van der Waals surface area contributed by atoms with E-state index in [9.17, 15) is 4.79 Å². The molecule has 2 aromatic carbocycles. The van der Waals surface area contributed by atoms with E-state index in [0.29, 0.717) is 28.0 Å². The van der Waals surface area contributed by atoms with Crippen LogP contribution in [-0.4, -0.2) is 15.7 Å². The number of amides is 1.